The molecule has 1 aromatic carbocycles. The molecule has 2 aromatic heterocycles. The Kier molecular flexibility index (Phi) is 4.24. The molecular formula is C15H15FN4O2S. The number of nitrogens with one attached hydrogen (secondary N) is 1. The molecule has 0 radical (unpaired) electrons. The van der Waals surface area contributed by atoms with Crippen molar-refractivity contribution in [1.82, 2.24) is 14.6 Å². The van der Waals surface area contributed by atoms with E-state index in [0.717, 1.165) is 5.56 Å². The third-order valence-electron chi connectivity index (χ3n) is 3.28. The smallest absolute Gasteiger partial charge is 0.360 e. The molecule has 1 atom stereocenters. The Morgan fingerprint density at radius 1 is 1.43 bits per heavy atom. The van der Waals surface area contributed by atoms with Crippen LogP contribution in [0.2, 0.25) is 0 Å². The molecule has 0 aliphatic rings. The van der Waals surface area contributed by atoms with Crippen molar-refractivity contribution >= 4 is 27.3 Å². The minimum atomic E-state index is -0.461. The Morgan fingerprint density at radius 2 is 2.17 bits per heavy atom. The molecule has 8 heteroatoms. The highest BCUT2D eigenvalue weighted by Gasteiger charge is 2.19. The van der Waals surface area contributed by atoms with Crippen LogP contribution in [0.25, 0.3) is 4.83 Å². The van der Waals surface area contributed by atoms with Crippen LogP contribution in [0.3, 0.4) is 0 Å². The van der Waals surface area contributed by atoms with E-state index in [1.807, 2.05) is 6.92 Å². The average molecular weight is 334 g/mol. The zero-order valence-electron chi connectivity index (χ0n) is 12.6. The highest BCUT2D eigenvalue weighted by molar-refractivity contribution is 7.21. The van der Waals surface area contributed by atoms with Gasteiger partial charge in [0.05, 0.1) is 12.6 Å². The Morgan fingerprint density at radius 3 is 2.87 bits per heavy atom. The molecule has 3 aromatic rings. The van der Waals surface area contributed by atoms with Crippen LogP contribution >= 0.6 is 11.3 Å². The van der Waals surface area contributed by atoms with E-state index >= 15 is 0 Å². The molecular weight excluding hydrogens is 319 g/mol. The maximum absolute atomic E-state index is 13.0. The van der Waals surface area contributed by atoms with Gasteiger partial charge in [0.2, 0.25) is 5.13 Å². The highest BCUT2D eigenvalue weighted by Crippen LogP contribution is 2.26. The van der Waals surface area contributed by atoms with Gasteiger partial charge in [0.15, 0.2) is 10.5 Å². The van der Waals surface area contributed by atoms with Gasteiger partial charge < -0.3 is 10.1 Å². The Balaban J connectivity index is 1.81. The molecule has 0 spiro atoms. The van der Waals surface area contributed by atoms with E-state index in [-0.39, 0.29) is 17.6 Å². The van der Waals surface area contributed by atoms with Gasteiger partial charge in [-0.3, -0.25) is 0 Å². The first kappa shape index (κ1) is 15.4. The van der Waals surface area contributed by atoms with Gasteiger partial charge in [0, 0.05) is 0 Å². The van der Waals surface area contributed by atoms with Crippen molar-refractivity contribution in [2.24, 2.45) is 0 Å². The molecule has 0 saturated heterocycles. The number of anilines is 1. The monoisotopic (exact) mass is 334 g/mol. The molecule has 120 valence electrons. The van der Waals surface area contributed by atoms with Crippen LogP contribution in [0.15, 0.2) is 30.6 Å². The summed E-state index contributed by atoms with van der Waals surface area (Å²) in [6.45, 7) is 3.99. The zero-order valence-corrected chi connectivity index (χ0v) is 13.4. The van der Waals surface area contributed by atoms with Gasteiger partial charge >= 0.3 is 5.97 Å². The van der Waals surface area contributed by atoms with Crippen molar-refractivity contribution in [3.05, 3.63) is 47.7 Å². The minimum Gasteiger partial charge on any atom is -0.461 e. The Bertz CT molecular complexity index is 828. The third kappa shape index (κ3) is 3.16. The van der Waals surface area contributed by atoms with E-state index in [1.165, 1.54) is 34.3 Å². The first-order valence-corrected chi connectivity index (χ1v) is 7.93. The molecule has 3 rings (SSSR count). The summed E-state index contributed by atoms with van der Waals surface area (Å²) in [6.07, 6.45) is 1.48. The summed E-state index contributed by atoms with van der Waals surface area (Å²) in [5.74, 6) is -0.730. The quantitative estimate of drug-likeness (QED) is 0.725. The topological polar surface area (TPSA) is 68.5 Å². The highest BCUT2D eigenvalue weighted by atomic mass is 32.1. The van der Waals surface area contributed by atoms with Crippen molar-refractivity contribution in [3.8, 4) is 0 Å². The van der Waals surface area contributed by atoms with E-state index < -0.39 is 5.97 Å². The van der Waals surface area contributed by atoms with E-state index in [9.17, 15) is 9.18 Å². The standard InChI is InChI=1S/C15H15FN4O2S/c1-3-22-14(21)12-13-20(8-17-12)19-15(23-13)18-9(2)10-4-6-11(16)7-5-10/h4-9H,3H2,1-2H3,(H,18,19). The molecule has 0 saturated carbocycles. The predicted molar refractivity (Wildman–Crippen MR) is 85.3 cm³/mol. The predicted octanol–water partition coefficient (Wildman–Crippen LogP) is 3.28. The third-order valence-corrected chi connectivity index (χ3v) is 4.24. The van der Waals surface area contributed by atoms with Gasteiger partial charge in [-0.05, 0) is 31.5 Å². The molecule has 1 N–H and O–H groups in total. The summed E-state index contributed by atoms with van der Waals surface area (Å²) >= 11 is 1.31. The molecule has 2 heterocycles. The van der Waals surface area contributed by atoms with E-state index in [1.54, 1.807) is 19.1 Å². The summed E-state index contributed by atoms with van der Waals surface area (Å²) in [6, 6.07) is 6.23. The SMILES string of the molecule is CCOC(=O)c1ncn2nc(NC(C)c3ccc(F)cc3)sc12. The second-order valence-electron chi connectivity index (χ2n) is 4.89. The number of hydrogen-bond acceptors (Lipinski definition) is 6. The fourth-order valence-corrected chi connectivity index (χ4v) is 3.08. The number of halogens is 1. The Labute approximate surface area is 135 Å². The zero-order chi connectivity index (χ0) is 16.4. The van der Waals surface area contributed by atoms with Gasteiger partial charge in [-0.15, -0.1) is 5.10 Å². The van der Waals surface area contributed by atoms with Crippen LogP contribution in [-0.4, -0.2) is 27.2 Å². The number of esters is 1. The second kappa shape index (κ2) is 6.33. The van der Waals surface area contributed by atoms with E-state index in [2.05, 4.69) is 15.4 Å². The molecule has 0 amide bonds. The van der Waals surface area contributed by atoms with Crippen molar-refractivity contribution in [2.75, 3.05) is 11.9 Å². The summed E-state index contributed by atoms with van der Waals surface area (Å²) in [7, 11) is 0. The second-order valence-corrected chi connectivity index (χ2v) is 5.87. The number of nitrogens with zero attached hydrogens (tertiary/aromatic N) is 3. The normalized spacial score (nSPS) is 12.3. The number of imidazole rings is 1. The summed E-state index contributed by atoms with van der Waals surface area (Å²) in [4.78, 5) is 16.5. The number of ether oxygens (including phenoxy) is 1. The van der Waals surface area contributed by atoms with Gasteiger partial charge in [-0.1, -0.05) is 23.5 Å². The van der Waals surface area contributed by atoms with E-state index in [4.69, 9.17) is 4.74 Å². The van der Waals surface area contributed by atoms with Crippen molar-refractivity contribution in [1.29, 1.82) is 0 Å². The molecule has 0 bridgehead atoms. The summed E-state index contributed by atoms with van der Waals surface area (Å²) in [5.41, 5.74) is 1.20. The molecule has 23 heavy (non-hydrogen) atoms. The van der Waals surface area contributed by atoms with Crippen LogP contribution in [0.1, 0.15) is 35.9 Å². The number of hydrogen-bond donors (Lipinski definition) is 1. The maximum atomic E-state index is 13.0. The first-order valence-electron chi connectivity index (χ1n) is 7.11. The van der Waals surface area contributed by atoms with E-state index in [0.29, 0.717) is 16.6 Å². The number of rotatable bonds is 5. The molecule has 0 fully saturated rings. The first-order chi connectivity index (χ1) is 11.1. The van der Waals surface area contributed by atoms with Gasteiger partial charge in [0.1, 0.15) is 12.1 Å². The van der Waals surface area contributed by atoms with Crippen LogP contribution in [0.4, 0.5) is 9.52 Å². The lowest BCUT2D eigenvalue weighted by atomic mass is 10.1. The lowest BCUT2D eigenvalue weighted by molar-refractivity contribution is 0.0522. The van der Waals surface area contributed by atoms with Crippen molar-refractivity contribution < 1.29 is 13.9 Å². The number of fused-ring (bicyclic) bond motifs is 1. The van der Waals surface area contributed by atoms with Crippen LogP contribution in [0.5, 0.6) is 0 Å². The molecule has 1 unspecified atom stereocenters. The van der Waals surface area contributed by atoms with Gasteiger partial charge in [0.25, 0.3) is 0 Å². The lowest BCUT2D eigenvalue weighted by Gasteiger charge is -2.12. The molecule has 0 aliphatic heterocycles. The summed E-state index contributed by atoms with van der Waals surface area (Å²) in [5, 5.41) is 8.22. The fourth-order valence-electron chi connectivity index (χ4n) is 2.12. The number of carbonyl (C=O) groups is 1. The Hall–Kier alpha value is -2.48. The number of aromatic nitrogens is 3. The van der Waals surface area contributed by atoms with Crippen LogP contribution in [-0.2, 0) is 4.74 Å². The molecule has 0 aliphatic carbocycles. The minimum absolute atomic E-state index is 0.0505. The van der Waals surface area contributed by atoms with Crippen molar-refractivity contribution in [3.63, 3.8) is 0 Å². The van der Waals surface area contributed by atoms with Crippen molar-refractivity contribution in [2.45, 2.75) is 19.9 Å². The largest absolute Gasteiger partial charge is 0.461 e. The summed E-state index contributed by atoms with van der Waals surface area (Å²) < 4.78 is 19.5. The number of carbonyl (C=O) groups excluding carboxylic acids is 1. The van der Waals surface area contributed by atoms with Gasteiger partial charge in [-0.25, -0.2) is 18.7 Å². The number of benzene rings is 1. The lowest BCUT2D eigenvalue weighted by Crippen LogP contribution is -2.06. The average Bonchev–Trinajstić information content (AvgIpc) is 3.07. The van der Waals surface area contributed by atoms with Crippen LogP contribution < -0.4 is 5.32 Å². The van der Waals surface area contributed by atoms with Gasteiger partial charge in [-0.2, -0.15) is 0 Å². The maximum Gasteiger partial charge on any atom is 0.360 e. The molecule has 6 nitrogen and oxygen atoms in total. The van der Waals surface area contributed by atoms with Crippen LogP contribution in [0, 0.1) is 5.82 Å². The fraction of sp³-hybridized carbons (Fsp3) is 0.267.